The maximum Gasteiger partial charge on any atom is 0.408 e. The van der Waals surface area contributed by atoms with Gasteiger partial charge in [-0.25, -0.2) is 39.3 Å². The second kappa shape index (κ2) is 57.3. The maximum absolute atomic E-state index is 12.5. The molecule has 0 fully saturated rings. The van der Waals surface area contributed by atoms with Crippen LogP contribution in [0, 0.1) is 11.3 Å². The minimum absolute atomic E-state index is 0. The molecule has 5 rings (SSSR count). The Morgan fingerprint density at radius 2 is 0.636 bits per heavy atom. The lowest BCUT2D eigenvalue weighted by atomic mass is 10.0. The highest BCUT2D eigenvalue weighted by atomic mass is 35.5. The molecule has 34 heteroatoms. The smallest absolute Gasteiger partial charge is 0.408 e. The van der Waals surface area contributed by atoms with E-state index in [9.17, 15) is 58.2 Å². The number of alkyl carbamates (subject to hydrolysis) is 5. The number of aliphatic carboxylic acids is 1. The minimum Gasteiger partial charge on any atom is -0.488 e. The number of aldehydes is 1. The van der Waals surface area contributed by atoms with Gasteiger partial charge >= 0.3 is 36.4 Å². The monoisotopic (exact) mass is 1880 g/mol. The Balaban J connectivity index is -0.00000156. The molecule has 0 spiro atoms. The number of carboxylic acid groups (broad SMARTS) is 1. The van der Waals surface area contributed by atoms with Gasteiger partial charge in [-0.1, -0.05) is 74.5 Å². The Labute approximate surface area is 791 Å². The van der Waals surface area contributed by atoms with E-state index < -0.39 is 112 Å². The number of aliphatic hydroxyl groups is 1. The maximum atomic E-state index is 12.5. The number of primary amides is 1. The molecule has 0 heterocycles. The van der Waals surface area contributed by atoms with Gasteiger partial charge in [0.05, 0.1) is 26.3 Å². The molecule has 7 amide bonds. The second-order valence-electron chi connectivity index (χ2n) is 39.6. The zero-order chi connectivity index (χ0) is 103. The standard InChI is InChI=1S/C20H32N2O5.C19H30N2O5.C19H26N2O4.C18H27NO5.C18H27NO4.C2H7NO.C2H6.ClH/c1-19(2,3)26-15-11-9-14(10-12-15)13-16(17(23)22(7)25-8)21-18(24)27-20(4,5)6;1-18(2,3)25-13-9-7-12(8-10-13)11-14(15(22)16(20)23)21-17(24)26-19(4,5)6;1-18(2,3)24-14-9-7-13(8-10-14)11-15(16(22)12-20)21-17(23)25-19(4,5)6;1-17(2,3)23-13-9-7-12(8-10-13)11-14(15(20)21)19-16(22)24-18(4,5)6;1-17(2,3)22-15-9-7-13(8-10-15)11-14(12-20)19-16(21)23-18(4,5)6;1-3-4-2;1-2;/h9-12,16H,13H2,1-8H3,(H,21,24);7-10,14-15,22H,11H2,1-6H3,(H2,20,23)(H,21,24);7-10,15H,11H2,1-6H3,(H,21,23);7-10,14H,11H2,1-6H3,(H,19,22)(H,20,21);7-10,12,14H,11H2,1-6H3,(H,19,21);3H,1-2H3;1-2H3;1H/t16-;14-,15?;15-;2*14-;;;/m00000.../s1/i;;;;;;1D;. The van der Waals surface area contributed by atoms with Gasteiger partial charge in [0, 0.05) is 34.7 Å². The summed E-state index contributed by atoms with van der Waals surface area (Å²) < 4.78 is 60.8. The van der Waals surface area contributed by atoms with Crippen LogP contribution in [0.2, 0.25) is 0 Å². The molecule has 0 bridgehead atoms. The first kappa shape index (κ1) is 123. The molecule has 10 N–H and O–H groups in total. The minimum atomic E-state index is -1.53. The van der Waals surface area contributed by atoms with E-state index in [-0.39, 0.29) is 65.6 Å². The van der Waals surface area contributed by atoms with Gasteiger partial charge in [0.15, 0.2) is 6.10 Å². The van der Waals surface area contributed by atoms with Crippen molar-refractivity contribution >= 4 is 72.7 Å². The molecule has 5 aromatic carbocycles. The molecule has 1 unspecified atom stereocenters. The number of nitrogens with two attached hydrogens (primary N) is 1. The van der Waals surface area contributed by atoms with Crippen LogP contribution < -0.4 is 61.5 Å². The summed E-state index contributed by atoms with van der Waals surface area (Å²) in [6.45, 7) is 57.8. The van der Waals surface area contributed by atoms with E-state index in [1.54, 1.807) is 204 Å². The van der Waals surface area contributed by atoms with Crippen LogP contribution in [0.4, 0.5) is 24.0 Å². The average molecular weight is 1880 g/mol. The van der Waals surface area contributed by atoms with Crippen molar-refractivity contribution in [3.63, 3.8) is 0 Å². The normalized spacial score (nSPS) is 12.9. The van der Waals surface area contributed by atoms with Crippen molar-refractivity contribution in [2.45, 2.75) is 346 Å². The van der Waals surface area contributed by atoms with Crippen LogP contribution in [0.15, 0.2) is 121 Å². The van der Waals surface area contributed by atoms with Gasteiger partial charge in [-0.05, 0) is 309 Å². The zero-order valence-electron chi connectivity index (χ0n) is 85.6. The number of hydrogen-bond donors (Lipinski definition) is 9. The number of carbonyl (C=O) groups excluding carboxylic acids is 9. The van der Waals surface area contributed by atoms with Gasteiger partial charge in [-0.3, -0.25) is 19.2 Å². The van der Waals surface area contributed by atoms with Crippen LogP contribution in [0.1, 0.15) is 251 Å². The van der Waals surface area contributed by atoms with E-state index >= 15 is 0 Å². The molecular formula is C98H156ClN9O24. The number of amides is 7. The van der Waals surface area contributed by atoms with Crippen molar-refractivity contribution in [3.05, 3.63) is 149 Å². The number of ether oxygens (including phenoxy) is 10. The Kier molecular flexibility index (Phi) is 53.3. The summed E-state index contributed by atoms with van der Waals surface area (Å²) in [7, 11) is 6.16. The fourth-order valence-electron chi connectivity index (χ4n) is 10.3. The topological polar surface area (TPSA) is 447 Å². The van der Waals surface area contributed by atoms with Gasteiger partial charge in [-0.15, -0.1) is 12.4 Å². The lowest BCUT2D eigenvalue weighted by Gasteiger charge is -2.26. The predicted molar refractivity (Wildman–Crippen MR) is 512 cm³/mol. The fraction of sp³-hybridized carbons (Fsp3) is 0.582. The van der Waals surface area contributed by atoms with Crippen molar-refractivity contribution in [1.29, 1.82) is 5.26 Å². The summed E-state index contributed by atoms with van der Waals surface area (Å²) in [5.74, 6) is 0.493. The van der Waals surface area contributed by atoms with Crippen LogP contribution in [0.3, 0.4) is 0 Å². The number of nitriles is 1. The molecule has 0 radical (unpaired) electrons. The number of Topliss-reactive ketones (excluding diaryl/α,β-unsaturated/α-hetero) is 1. The molecule has 744 valence electrons. The first-order valence-corrected chi connectivity index (χ1v) is 42.9. The number of hydroxylamine groups is 3. The lowest BCUT2D eigenvalue weighted by molar-refractivity contribution is -0.171. The van der Waals surface area contributed by atoms with E-state index in [0.717, 1.165) is 44.4 Å². The molecular weight excluding hydrogens is 1720 g/mol. The molecule has 132 heavy (non-hydrogen) atoms. The van der Waals surface area contributed by atoms with Crippen molar-refractivity contribution in [2.75, 3.05) is 28.3 Å². The summed E-state index contributed by atoms with van der Waals surface area (Å²) in [5, 5.41) is 41.8. The number of carboxylic acids is 1. The van der Waals surface area contributed by atoms with Crippen molar-refractivity contribution in [2.24, 2.45) is 5.73 Å². The predicted octanol–water partition coefficient (Wildman–Crippen LogP) is 17.0. The number of rotatable bonds is 28. The lowest BCUT2D eigenvalue weighted by Crippen LogP contribution is -2.51. The Bertz CT molecular complexity index is 4330. The van der Waals surface area contributed by atoms with Crippen LogP contribution >= 0.6 is 12.4 Å². The summed E-state index contributed by atoms with van der Waals surface area (Å²) in [6, 6.07) is 33.6. The fourth-order valence-corrected chi connectivity index (χ4v) is 10.3. The van der Waals surface area contributed by atoms with Gasteiger partial charge in [0.1, 0.15) is 115 Å². The number of nitrogens with one attached hydrogen (secondary N) is 6. The molecule has 0 aliphatic rings. The highest BCUT2D eigenvalue weighted by Gasteiger charge is 2.33. The average Bonchev–Trinajstić information content (AvgIpc) is 0.843. The third kappa shape index (κ3) is 64.6. The van der Waals surface area contributed by atoms with Crippen molar-refractivity contribution in [3.8, 4) is 34.8 Å². The zero-order valence-corrected chi connectivity index (χ0v) is 85.4. The van der Waals surface area contributed by atoms with Crippen LogP contribution in [-0.4, -0.2) is 196 Å². The van der Waals surface area contributed by atoms with Gasteiger partial charge < -0.3 is 99.5 Å². The quantitative estimate of drug-likeness (QED) is 0.00972. The first-order chi connectivity index (χ1) is 60.1. The summed E-state index contributed by atoms with van der Waals surface area (Å²) in [6.07, 6.45) is -3.02. The molecule has 5 aromatic rings. The SMILES string of the molecule is CC(C)(C)OC(=O)N[C@@H](Cc1ccc(OC(C)(C)C)cc1)C(=O)C#N.CC(C)(C)OC(=O)N[C@@H](Cc1ccc(OC(C)(C)C)cc1)C(=O)O.CC(C)(C)OC(=O)N[C@@H](Cc1ccc(OC(C)(C)C)cc1)C(O)C(N)=O.CC(C)(C)OC(=O)N[C@H](C=O)Cc1ccc(OC(C)(C)C)cc1.CNOC.CON(C)C(=O)[C@H](Cc1ccc(OC(C)(C)C)cc1)NC(=O)OC(C)(C)C.Cl.[2H]CC. The Morgan fingerprint density at radius 1 is 0.409 bits per heavy atom. The molecule has 6 atom stereocenters. The molecule has 0 aliphatic heterocycles. The summed E-state index contributed by atoms with van der Waals surface area (Å²) in [5.41, 5.74) is 7.00. The largest absolute Gasteiger partial charge is 0.488 e. The third-order valence-electron chi connectivity index (χ3n) is 15.1. The number of likely N-dealkylation sites (N-methyl/N-ethyl adjacent to an activating group) is 1. The highest BCUT2D eigenvalue weighted by Crippen LogP contribution is 2.26. The number of halogens is 1. The Hall–Kier alpha value is -11.2. The van der Waals surface area contributed by atoms with Crippen molar-refractivity contribution in [1.82, 2.24) is 37.1 Å². The van der Waals surface area contributed by atoms with E-state index in [2.05, 4.69) is 36.9 Å². The third-order valence-corrected chi connectivity index (χ3v) is 15.1. The molecule has 33 nitrogen and oxygen atoms in total. The molecule has 0 aromatic heterocycles. The number of ketones is 1. The van der Waals surface area contributed by atoms with E-state index in [0.29, 0.717) is 43.3 Å². The number of nitrogens with zero attached hydrogens (tertiary/aromatic N) is 2. The van der Waals surface area contributed by atoms with Gasteiger partial charge in [0.25, 0.3) is 11.7 Å². The van der Waals surface area contributed by atoms with Crippen LogP contribution in [-0.2, 0) is 89.4 Å². The van der Waals surface area contributed by atoms with E-state index in [4.69, 9.17) is 64.6 Å². The number of carbonyl (C=O) groups is 10. The Morgan fingerprint density at radius 3 is 0.864 bits per heavy atom. The molecule has 0 saturated heterocycles. The number of hydrogen-bond acceptors (Lipinski definition) is 25. The van der Waals surface area contributed by atoms with E-state index in [1.165, 1.54) is 14.2 Å². The van der Waals surface area contributed by atoms with Gasteiger partial charge in [-0.2, -0.15) is 5.26 Å². The van der Waals surface area contributed by atoms with Crippen molar-refractivity contribution < 1.29 is 117 Å². The van der Waals surface area contributed by atoms with Gasteiger partial charge in [0.2, 0.25) is 5.91 Å². The highest BCUT2D eigenvalue weighted by molar-refractivity contribution is 5.99. The second-order valence-corrected chi connectivity index (χ2v) is 39.6. The summed E-state index contributed by atoms with van der Waals surface area (Å²) >= 11 is 0. The number of aliphatic hydroxyl groups excluding tert-OH is 1. The summed E-state index contributed by atoms with van der Waals surface area (Å²) in [4.78, 5) is 127. The number of benzene rings is 5. The first-order valence-electron chi connectivity index (χ1n) is 43.6. The van der Waals surface area contributed by atoms with Crippen LogP contribution in [0.5, 0.6) is 28.7 Å². The van der Waals surface area contributed by atoms with Crippen LogP contribution in [0.25, 0.3) is 0 Å². The molecule has 0 aliphatic carbocycles. The molecule has 0 saturated carbocycles. The van der Waals surface area contributed by atoms with E-state index in [1.807, 2.05) is 152 Å².